The van der Waals surface area contributed by atoms with Gasteiger partial charge in [0, 0.05) is 34.9 Å². The summed E-state index contributed by atoms with van der Waals surface area (Å²) in [5, 5.41) is 11.8. The predicted octanol–water partition coefficient (Wildman–Crippen LogP) is 4.09. The molecule has 33 heavy (non-hydrogen) atoms. The molecule has 0 radical (unpaired) electrons. The molecule has 6 heteroatoms. The molecule has 0 amide bonds. The normalized spacial score (nSPS) is 13.2. The highest BCUT2D eigenvalue weighted by atomic mass is 16.5. The van der Waals surface area contributed by atoms with Crippen molar-refractivity contribution in [2.24, 2.45) is 10.8 Å². The number of ketones is 1. The van der Waals surface area contributed by atoms with E-state index < -0.39 is 16.8 Å². The van der Waals surface area contributed by atoms with E-state index in [2.05, 4.69) is 0 Å². The Bertz CT molecular complexity index is 1310. The standard InChI is InChI=1S/C27H31NO5/c1-7-33-25(32)27(5,6)16-19-21(24(31)26(2,3)4)20-15-18(29)13-14-28(20)22(19)23(30)17-11-9-8-10-12-17/h8-15,30H,7,16H2,1-6H3. The fraction of sp³-hybridized carbons (Fsp3) is 0.370. The molecule has 0 bridgehead atoms. The molecule has 3 aromatic rings. The fourth-order valence-corrected chi connectivity index (χ4v) is 3.92. The molecule has 1 N–H and O–H groups in total. The van der Waals surface area contributed by atoms with Gasteiger partial charge < -0.3 is 14.2 Å². The SMILES string of the molecule is CCOC(=O)C(C)(C)Cc1c(C(=O)C(C)(C)C)c2cc(=O)ccn2c1=C(O)c1ccccc1. The summed E-state index contributed by atoms with van der Waals surface area (Å²) in [4.78, 5) is 38.7. The highest BCUT2D eigenvalue weighted by molar-refractivity contribution is 6.07. The van der Waals surface area contributed by atoms with Gasteiger partial charge in [0.15, 0.2) is 11.2 Å². The van der Waals surface area contributed by atoms with E-state index in [-0.39, 0.29) is 30.0 Å². The topological polar surface area (TPSA) is 85.1 Å². The van der Waals surface area contributed by atoms with Crippen molar-refractivity contribution in [1.29, 1.82) is 0 Å². The van der Waals surface area contributed by atoms with E-state index in [1.807, 2.05) is 6.07 Å². The summed E-state index contributed by atoms with van der Waals surface area (Å²) in [6.45, 7) is 10.9. The number of nitrogens with zero attached hydrogens (tertiary/aromatic N) is 1. The van der Waals surface area contributed by atoms with Crippen LogP contribution in [-0.2, 0) is 16.0 Å². The minimum Gasteiger partial charge on any atom is -0.505 e. The summed E-state index contributed by atoms with van der Waals surface area (Å²) in [6, 6.07) is 11.8. The van der Waals surface area contributed by atoms with Crippen LogP contribution in [0.5, 0.6) is 0 Å². The molecule has 0 spiro atoms. The van der Waals surface area contributed by atoms with E-state index in [1.54, 1.807) is 76.4 Å². The third-order valence-electron chi connectivity index (χ3n) is 5.64. The van der Waals surface area contributed by atoms with Gasteiger partial charge in [-0.2, -0.15) is 0 Å². The van der Waals surface area contributed by atoms with Gasteiger partial charge in [0.05, 0.1) is 22.9 Å². The van der Waals surface area contributed by atoms with Crippen molar-refractivity contribution in [3.63, 3.8) is 0 Å². The molecule has 6 nitrogen and oxygen atoms in total. The number of esters is 1. The number of carbonyl (C=O) groups is 2. The van der Waals surface area contributed by atoms with Crippen LogP contribution in [0, 0.1) is 10.8 Å². The quantitative estimate of drug-likeness (QED) is 0.453. The number of pyridine rings is 1. The molecule has 3 rings (SSSR count). The Hall–Kier alpha value is -3.41. The van der Waals surface area contributed by atoms with Crippen molar-refractivity contribution in [2.75, 3.05) is 6.61 Å². The van der Waals surface area contributed by atoms with Crippen LogP contribution in [0.4, 0.5) is 0 Å². The van der Waals surface area contributed by atoms with Crippen LogP contribution in [0.15, 0.2) is 53.5 Å². The van der Waals surface area contributed by atoms with Gasteiger partial charge in [0.1, 0.15) is 5.76 Å². The Kier molecular flexibility index (Phi) is 6.50. The summed E-state index contributed by atoms with van der Waals surface area (Å²) in [7, 11) is 0. The van der Waals surface area contributed by atoms with Crippen LogP contribution in [0.1, 0.15) is 63.0 Å². The number of Topliss-reactive ketones (excluding diaryl/α,β-unsaturated/α-hetero) is 1. The Morgan fingerprint density at radius 1 is 1.03 bits per heavy atom. The number of benzene rings is 1. The van der Waals surface area contributed by atoms with E-state index >= 15 is 0 Å². The first-order valence-electron chi connectivity index (χ1n) is 11.1. The highest BCUT2D eigenvalue weighted by Gasteiger charge is 2.36. The van der Waals surface area contributed by atoms with Crippen LogP contribution in [0.2, 0.25) is 0 Å². The second-order valence-electron chi connectivity index (χ2n) is 9.89. The summed E-state index contributed by atoms with van der Waals surface area (Å²) in [5.74, 6) is -0.608. The van der Waals surface area contributed by atoms with Crippen molar-refractivity contribution in [2.45, 2.75) is 48.0 Å². The predicted molar refractivity (Wildman–Crippen MR) is 128 cm³/mol. The van der Waals surface area contributed by atoms with Gasteiger partial charge in [-0.25, -0.2) is 0 Å². The van der Waals surface area contributed by atoms with Crippen LogP contribution >= 0.6 is 0 Å². The van der Waals surface area contributed by atoms with E-state index in [1.165, 1.54) is 12.1 Å². The largest absolute Gasteiger partial charge is 0.505 e. The number of aliphatic hydroxyl groups excluding tert-OH is 1. The van der Waals surface area contributed by atoms with Crippen molar-refractivity contribution >= 4 is 23.0 Å². The second-order valence-corrected chi connectivity index (χ2v) is 9.89. The molecule has 0 unspecified atom stereocenters. The molecule has 174 valence electrons. The Balaban J connectivity index is 2.49. The maximum absolute atomic E-state index is 13.6. The van der Waals surface area contributed by atoms with Gasteiger partial charge in [-0.05, 0) is 32.8 Å². The molecule has 0 saturated carbocycles. The number of ether oxygens (including phenoxy) is 1. The first-order chi connectivity index (χ1) is 15.4. The average Bonchev–Trinajstić information content (AvgIpc) is 3.04. The number of hydrogen-bond acceptors (Lipinski definition) is 5. The molecular formula is C27H31NO5. The summed E-state index contributed by atoms with van der Waals surface area (Å²) >= 11 is 0. The van der Waals surface area contributed by atoms with Gasteiger partial charge in [0.2, 0.25) is 0 Å². The average molecular weight is 450 g/mol. The lowest BCUT2D eigenvalue weighted by Crippen LogP contribution is -2.33. The van der Waals surface area contributed by atoms with Crippen LogP contribution in [0.25, 0.3) is 11.3 Å². The molecule has 0 aliphatic carbocycles. The first-order valence-corrected chi connectivity index (χ1v) is 11.1. The zero-order chi connectivity index (χ0) is 24.6. The van der Waals surface area contributed by atoms with Crippen molar-refractivity contribution in [3.05, 3.63) is 80.9 Å². The highest BCUT2D eigenvalue weighted by Crippen LogP contribution is 2.31. The molecule has 1 aromatic carbocycles. The Morgan fingerprint density at radius 2 is 1.67 bits per heavy atom. The number of rotatable bonds is 6. The molecule has 0 aliphatic heterocycles. The number of aliphatic hydroxyl groups is 1. The third-order valence-corrected chi connectivity index (χ3v) is 5.64. The van der Waals surface area contributed by atoms with Gasteiger partial charge in [-0.3, -0.25) is 14.4 Å². The maximum Gasteiger partial charge on any atom is 0.311 e. The van der Waals surface area contributed by atoms with Crippen molar-refractivity contribution in [3.8, 4) is 0 Å². The molecule has 2 heterocycles. The molecular weight excluding hydrogens is 418 g/mol. The summed E-state index contributed by atoms with van der Waals surface area (Å²) in [6.07, 6.45) is 1.71. The van der Waals surface area contributed by atoms with Gasteiger partial charge in [0.25, 0.3) is 0 Å². The van der Waals surface area contributed by atoms with Gasteiger partial charge in [-0.15, -0.1) is 0 Å². The second kappa shape index (κ2) is 8.85. The first kappa shape index (κ1) is 24.2. The van der Waals surface area contributed by atoms with Crippen molar-refractivity contribution < 1.29 is 19.4 Å². The lowest BCUT2D eigenvalue weighted by Gasteiger charge is -2.24. The maximum atomic E-state index is 13.6. The number of hydrogen-bond donors (Lipinski definition) is 1. The lowest BCUT2D eigenvalue weighted by molar-refractivity contribution is -0.153. The van der Waals surface area contributed by atoms with Crippen LogP contribution in [-0.4, -0.2) is 27.9 Å². The molecule has 0 fully saturated rings. The number of carbonyl (C=O) groups excluding carboxylic acids is 2. The Labute approximate surface area is 193 Å². The van der Waals surface area contributed by atoms with Crippen LogP contribution < -0.4 is 10.8 Å². The van der Waals surface area contributed by atoms with E-state index in [9.17, 15) is 19.5 Å². The molecule has 0 atom stereocenters. The van der Waals surface area contributed by atoms with E-state index in [0.29, 0.717) is 27.6 Å². The van der Waals surface area contributed by atoms with Crippen molar-refractivity contribution in [1.82, 2.24) is 4.40 Å². The Morgan fingerprint density at radius 3 is 2.24 bits per heavy atom. The summed E-state index contributed by atoms with van der Waals surface area (Å²) < 4.78 is 6.94. The minimum absolute atomic E-state index is 0.0353. The van der Waals surface area contributed by atoms with Gasteiger partial charge >= 0.3 is 5.97 Å². The molecule has 2 aromatic heterocycles. The number of fused-ring (bicyclic) bond motifs is 1. The zero-order valence-corrected chi connectivity index (χ0v) is 20.1. The van der Waals surface area contributed by atoms with Crippen LogP contribution in [0.3, 0.4) is 0 Å². The monoisotopic (exact) mass is 449 g/mol. The van der Waals surface area contributed by atoms with E-state index in [0.717, 1.165) is 0 Å². The van der Waals surface area contributed by atoms with Gasteiger partial charge in [-0.1, -0.05) is 51.1 Å². The zero-order valence-electron chi connectivity index (χ0n) is 20.1. The van der Waals surface area contributed by atoms with E-state index in [4.69, 9.17) is 4.74 Å². The molecule has 0 aliphatic rings. The lowest BCUT2D eigenvalue weighted by atomic mass is 9.80. The number of aromatic nitrogens is 1. The summed E-state index contributed by atoms with van der Waals surface area (Å²) in [5.41, 5.74) is -0.134. The smallest absolute Gasteiger partial charge is 0.311 e. The third kappa shape index (κ3) is 4.70. The molecule has 0 saturated heterocycles. The fourth-order valence-electron chi connectivity index (χ4n) is 3.92. The minimum atomic E-state index is -0.972.